The lowest BCUT2D eigenvalue weighted by molar-refractivity contribution is -0.137. The highest BCUT2D eigenvalue weighted by Crippen LogP contribution is 2.35. The van der Waals surface area contributed by atoms with Gasteiger partial charge < -0.3 is 14.8 Å². The smallest absolute Gasteiger partial charge is 0.314 e. The summed E-state index contributed by atoms with van der Waals surface area (Å²) >= 11 is 5.96. The van der Waals surface area contributed by atoms with Gasteiger partial charge in [0, 0.05) is 17.3 Å². The van der Waals surface area contributed by atoms with E-state index in [-0.39, 0.29) is 12.1 Å². The Morgan fingerprint density at radius 3 is 2.48 bits per heavy atom. The molecule has 174 valence electrons. The Morgan fingerprint density at radius 2 is 1.85 bits per heavy atom. The van der Waals surface area contributed by atoms with Crippen LogP contribution < -0.4 is 5.32 Å². The molecule has 0 aliphatic carbocycles. The van der Waals surface area contributed by atoms with Gasteiger partial charge in [-0.2, -0.15) is 13.2 Å². The molecule has 0 radical (unpaired) electrons. The summed E-state index contributed by atoms with van der Waals surface area (Å²) in [7, 11) is 0. The molecule has 6 nitrogen and oxygen atoms in total. The zero-order chi connectivity index (χ0) is 23.8. The molecule has 1 aliphatic heterocycles. The summed E-state index contributed by atoms with van der Waals surface area (Å²) in [6.45, 7) is 4.16. The van der Waals surface area contributed by atoms with Crippen molar-refractivity contribution in [1.82, 2.24) is 19.7 Å². The number of rotatable bonds is 4. The maximum atomic E-state index is 13.1. The number of urea groups is 1. The van der Waals surface area contributed by atoms with Crippen molar-refractivity contribution >= 4 is 23.3 Å². The molecule has 0 saturated carbocycles. The van der Waals surface area contributed by atoms with Crippen LogP contribution in [0, 0.1) is 13.8 Å². The van der Waals surface area contributed by atoms with E-state index in [9.17, 15) is 18.0 Å². The van der Waals surface area contributed by atoms with Gasteiger partial charge in [-0.15, -0.1) is 10.2 Å². The fraction of sp³-hybridized carbons (Fsp3) is 0.348. The normalized spacial score (nSPS) is 16.3. The molecule has 3 aromatic rings. The van der Waals surface area contributed by atoms with Crippen LogP contribution in [0.2, 0.25) is 5.02 Å². The zero-order valence-electron chi connectivity index (χ0n) is 18.2. The number of nitrogens with zero attached hydrogens (tertiary/aromatic N) is 4. The van der Waals surface area contributed by atoms with Crippen molar-refractivity contribution in [3.05, 3.63) is 75.8 Å². The summed E-state index contributed by atoms with van der Waals surface area (Å²) in [5.74, 6) is 0.665. The first kappa shape index (κ1) is 23.1. The monoisotopic (exact) mass is 477 g/mol. The largest absolute Gasteiger partial charge is 0.416 e. The van der Waals surface area contributed by atoms with E-state index in [2.05, 4.69) is 15.5 Å². The Bertz CT molecular complexity index is 1140. The highest BCUT2D eigenvalue weighted by atomic mass is 35.5. The predicted octanol–water partition coefficient (Wildman–Crippen LogP) is 5.98. The molecule has 1 aliphatic rings. The zero-order valence-corrected chi connectivity index (χ0v) is 18.9. The van der Waals surface area contributed by atoms with E-state index < -0.39 is 11.7 Å². The minimum atomic E-state index is -4.44. The van der Waals surface area contributed by atoms with Crippen molar-refractivity contribution in [1.29, 1.82) is 0 Å². The third-order valence-electron chi connectivity index (χ3n) is 5.82. The average Bonchev–Trinajstić information content (AvgIpc) is 3.40. The molecular formula is C23H23ClF3N5O. The first-order valence-electron chi connectivity index (χ1n) is 10.5. The van der Waals surface area contributed by atoms with Gasteiger partial charge in [0.1, 0.15) is 6.33 Å². The topological polar surface area (TPSA) is 63.1 Å². The molecule has 2 amide bonds. The third kappa shape index (κ3) is 4.98. The Kier molecular flexibility index (Phi) is 6.34. The maximum absolute atomic E-state index is 13.1. The van der Waals surface area contributed by atoms with E-state index in [0.29, 0.717) is 40.8 Å². The molecule has 0 bridgehead atoms. The molecule has 10 heteroatoms. The van der Waals surface area contributed by atoms with Crippen LogP contribution in [0.15, 0.2) is 42.7 Å². The van der Waals surface area contributed by atoms with Crippen molar-refractivity contribution in [2.75, 3.05) is 11.9 Å². The van der Waals surface area contributed by atoms with Crippen molar-refractivity contribution in [2.45, 2.75) is 45.5 Å². The second kappa shape index (κ2) is 9.05. The summed E-state index contributed by atoms with van der Waals surface area (Å²) < 4.78 is 41.2. The number of halogens is 4. The lowest BCUT2D eigenvalue weighted by Gasteiger charge is -2.26. The Hall–Kier alpha value is -3.07. The molecule has 0 unspecified atom stereocenters. The molecule has 0 spiro atoms. The van der Waals surface area contributed by atoms with Crippen LogP contribution in [0.3, 0.4) is 0 Å². The second-order valence-corrected chi connectivity index (χ2v) is 8.64. The van der Waals surface area contributed by atoms with Gasteiger partial charge in [0.15, 0.2) is 5.82 Å². The number of likely N-dealkylation sites (tertiary alicyclic amines) is 1. The molecule has 33 heavy (non-hydrogen) atoms. The van der Waals surface area contributed by atoms with Gasteiger partial charge in [0.25, 0.3) is 0 Å². The average molecular weight is 478 g/mol. The number of amides is 2. The summed E-state index contributed by atoms with van der Waals surface area (Å²) in [5, 5.41) is 11.8. The van der Waals surface area contributed by atoms with Gasteiger partial charge in [-0.3, -0.25) is 0 Å². The number of hydrogen-bond acceptors (Lipinski definition) is 3. The predicted molar refractivity (Wildman–Crippen MR) is 119 cm³/mol. The van der Waals surface area contributed by atoms with Crippen LogP contribution in [0.25, 0.3) is 0 Å². The number of carbonyl (C=O) groups excluding carboxylic acids is 1. The number of aryl methyl sites for hydroxylation is 2. The van der Waals surface area contributed by atoms with Gasteiger partial charge in [0.05, 0.1) is 18.2 Å². The Balaban J connectivity index is 1.53. The third-order valence-corrected chi connectivity index (χ3v) is 6.07. The molecule has 1 fully saturated rings. The summed E-state index contributed by atoms with van der Waals surface area (Å²) in [6, 6.07) is 8.90. The first-order valence-corrected chi connectivity index (χ1v) is 10.9. The van der Waals surface area contributed by atoms with E-state index in [1.54, 1.807) is 25.1 Å². The second-order valence-electron chi connectivity index (χ2n) is 8.21. The van der Waals surface area contributed by atoms with E-state index in [0.717, 1.165) is 30.5 Å². The molecule has 2 aromatic carbocycles. The van der Waals surface area contributed by atoms with Crippen LogP contribution >= 0.6 is 11.6 Å². The van der Waals surface area contributed by atoms with Crippen molar-refractivity contribution < 1.29 is 18.0 Å². The van der Waals surface area contributed by atoms with Crippen molar-refractivity contribution in [2.24, 2.45) is 0 Å². The van der Waals surface area contributed by atoms with Gasteiger partial charge in [-0.25, -0.2) is 4.79 Å². The number of hydrogen-bond donors (Lipinski definition) is 1. The van der Waals surface area contributed by atoms with E-state index >= 15 is 0 Å². The van der Waals surface area contributed by atoms with E-state index in [1.807, 2.05) is 28.8 Å². The van der Waals surface area contributed by atoms with Crippen LogP contribution in [0.5, 0.6) is 0 Å². The molecule has 1 atom stereocenters. The molecule has 2 heterocycles. The van der Waals surface area contributed by atoms with Crippen molar-refractivity contribution in [3.8, 4) is 0 Å². The molecule has 1 N–H and O–H groups in total. The number of nitrogens with one attached hydrogen (secondary N) is 1. The van der Waals surface area contributed by atoms with Crippen LogP contribution in [-0.4, -0.2) is 32.2 Å². The van der Waals surface area contributed by atoms with Gasteiger partial charge in [-0.1, -0.05) is 23.7 Å². The van der Waals surface area contributed by atoms with Gasteiger partial charge >= 0.3 is 12.2 Å². The highest BCUT2D eigenvalue weighted by Gasteiger charge is 2.35. The SMILES string of the molecule is Cc1cc(C(F)(F)F)cc(C)c1NC(=O)N1CCC[C@@H]1c1nncn1Cc1ccc(Cl)cc1. The van der Waals surface area contributed by atoms with Crippen LogP contribution in [-0.2, 0) is 12.7 Å². The highest BCUT2D eigenvalue weighted by molar-refractivity contribution is 6.30. The van der Waals surface area contributed by atoms with Crippen LogP contribution in [0.4, 0.5) is 23.7 Å². The lowest BCUT2D eigenvalue weighted by Crippen LogP contribution is -2.36. The fourth-order valence-electron chi connectivity index (χ4n) is 4.21. The molecule has 1 aromatic heterocycles. The van der Waals surface area contributed by atoms with Crippen LogP contribution in [0.1, 0.15) is 47.0 Å². The number of alkyl halides is 3. The van der Waals surface area contributed by atoms with E-state index in [1.165, 1.54) is 0 Å². The van der Waals surface area contributed by atoms with E-state index in [4.69, 9.17) is 11.6 Å². The van der Waals surface area contributed by atoms with Gasteiger partial charge in [-0.05, 0) is 67.6 Å². The summed E-state index contributed by atoms with van der Waals surface area (Å²) in [4.78, 5) is 14.8. The number of anilines is 1. The summed E-state index contributed by atoms with van der Waals surface area (Å²) in [6.07, 6.45) is -1.30. The quantitative estimate of drug-likeness (QED) is 0.502. The lowest BCUT2D eigenvalue weighted by atomic mass is 10.0. The molecular weight excluding hydrogens is 455 g/mol. The number of aromatic nitrogens is 3. The van der Waals surface area contributed by atoms with Crippen molar-refractivity contribution in [3.63, 3.8) is 0 Å². The Morgan fingerprint density at radius 1 is 1.18 bits per heavy atom. The minimum Gasteiger partial charge on any atom is -0.314 e. The maximum Gasteiger partial charge on any atom is 0.416 e. The molecule has 1 saturated heterocycles. The Labute approximate surface area is 194 Å². The number of benzene rings is 2. The summed E-state index contributed by atoms with van der Waals surface area (Å²) in [5.41, 5.74) is 1.39. The van der Waals surface area contributed by atoms with Gasteiger partial charge in [0.2, 0.25) is 0 Å². The molecule has 4 rings (SSSR count). The number of carbonyl (C=O) groups is 1. The fourth-order valence-corrected chi connectivity index (χ4v) is 4.34. The first-order chi connectivity index (χ1) is 15.6. The minimum absolute atomic E-state index is 0.283. The standard InChI is InChI=1S/C23H23ClF3N5O/c1-14-10-17(23(25,26)27)11-15(2)20(14)29-22(33)32-9-3-4-19(32)21-30-28-13-31(21)12-16-5-7-18(24)8-6-16/h5-8,10-11,13,19H,3-4,9,12H2,1-2H3,(H,29,33)/t19-/m1/s1.